The number of aryl methyl sites for hydroxylation is 1. The minimum atomic E-state index is -0.411. The number of H-pyrrole nitrogens is 1. The fourth-order valence-corrected chi connectivity index (χ4v) is 3.19. The van der Waals surface area contributed by atoms with Crippen molar-refractivity contribution < 1.29 is 14.2 Å². The van der Waals surface area contributed by atoms with Gasteiger partial charge in [0.2, 0.25) is 6.79 Å². The third-order valence-electron chi connectivity index (χ3n) is 4.48. The molecule has 1 N–H and O–H groups in total. The maximum absolute atomic E-state index is 12.3. The summed E-state index contributed by atoms with van der Waals surface area (Å²) < 4.78 is 16.3. The summed E-state index contributed by atoms with van der Waals surface area (Å²) in [7, 11) is 1.61. The third-order valence-corrected chi connectivity index (χ3v) is 4.48. The van der Waals surface area contributed by atoms with Crippen molar-refractivity contribution in [3.05, 3.63) is 64.1 Å². The molecule has 6 heteroatoms. The van der Waals surface area contributed by atoms with Gasteiger partial charge in [0.05, 0.1) is 7.11 Å². The molecular formula is C21H16N2O4. The van der Waals surface area contributed by atoms with Gasteiger partial charge in [-0.25, -0.2) is 0 Å². The standard InChI is InChI=1S/C21H16N2O4/c1-12-7-16(18(10-22)21(24)23-12)17-9-20-19(26-11-27-20)8-15(17)13-3-5-14(25-2)6-4-13/h3-9H,11H2,1-2H3,(H,23,24). The van der Waals surface area contributed by atoms with Crippen LogP contribution >= 0.6 is 0 Å². The Hall–Kier alpha value is -3.72. The first-order valence-electron chi connectivity index (χ1n) is 8.33. The van der Waals surface area contributed by atoms with Crippen molar-refractivity contribution in [2.75, 3.05) is 13.9 Å². The number of fused-ring (bicyclic) bond motifs is 1. The zero-order chi connectivity index (χ0) is 19.0. The highest BCUT2D eigenvalue weighted by molar-refractivity contribution is 5.88. The van der Waals surface area contributed by atoms with Gasteiger partial charge >= 0.3 is 0 Å². The van der Waals surface area contributed by atoms with E-state index >= 15 is 0 Å². The average Bonchev–Trinajstić information content (AvgIpc) is 3.14. The predicted octanol–water partition coefficient (Wildman–Crippen LogP) is 3.63. The van der Waals surface area contributed by atoms with E-state index in [0.29, 0.717) is 22.8 Å². The van der Waals surface area contributed by atoms with Crippen LogP contribution in [0.25, 0.3) is 22.3 Å². The van der Waals surface area contributed by atoms with Crippen LogP contribution in [-0.4, -0.2) is 18.9 Å². The summed E-state index contributed by atoms with van der Waals surface area (Å²) in [5.41, 5.74) is 3.36. The van der Waals surface area contributed by atoms with Crippen LogP contribution in [0.1, 0.15) is 11.3 Å². The number of pyridine rings is 1. The fraction of sp³-hybridized carbons (Fsp3) is 0.143. The molecule has 0 fully saturated rings. The van der Waals surface area contributed by atoms with Gasteiger partial charge in [0.25, 0.3) is 5.56 Å². The zero-order valence-electron chi connectivity index (χ0n) is 14.8. The quantitative estimate of drug-likeness (QED) is 0.771. The van der Waals surface area contributed by atoms with Gasteiger partial charge in [-0.05, 0) is 53.9 Å². The first-order chi connectivity index (χ1) is 13.1. The minimum Gasteiger partial charge on any atom is -0.497 e. The normalized spacial score (nSPS) is 11.9. The van der Waals surface area contributed by atoms with Crippen molar-refractivity contribution in [1.29, 1.82) is 5.26 Å². The van der Waals surface area contributed by atoms with Crippen LogP contribution < -0.4 is 19.8 Å². The van der Waals surface area contributed by atoms with Crippen molar-refractivity contribution in [1.82, 2.24) is 4.98 Å². The van der Waals surface area contributed by atoms with Gasteiger partial charge < -0.3 is 19.2 Å². The molecule has 1 aliphatic rings. The summed E-state index contributed by atoms with van der Waals surface area (Å²) in [4.78, 5) is 15.0. The van der Waals surface area contributed by atoms with E-state index in [4.69, 9.17) is 14.2 Å². The molecule has 0 aliphatic carbocycles. The molecule has 3 aromatic rings. The summed E-state index contributed by atoms with van der Waals surface area (Å²) >= 11 is 0. The number of aromatic amines is 1. The molecule has 0 radical (unpaired) electrons. The van der Waals surface area contributed by atoms with Crippen LogP contribution in [0.15, 0.2) is 47.3 Å². The minimum absolute atomic E-state index is 0.0641. The van der Waals surface area contributed by atoms with E-state index in [0.717, 1.165) is 22.4 Å². The molecule has 0 saturated carbocycles. The smallest absolute Gasteiger partial charge is 0.266 e. The topological polar surface area (TPSA) is 84.3 Å². The lowest BCUT2D eigenvalue weighted by Crippen LogP contribution is -2.13. The van der Waals surface area contributed by atoms with Crippen molar-refractivity contribution in [3.8, 4) is 45.6 Å². The SMILES string of the molecule is COc1ccc(-c2cc3c(cc2-c2cc(C)[nH]c(=O)c2C#N)OCO3)cc1. The van der Waals surface area contributed by atoms with Gasteiger partial charge in [0, 0.05) is 11.3 Å². The predicted molar refractivity (Wildman–Crippen MR) is 100 cm³/mol. The maximum atomic E-state index is 12.3. The summed E-state index contributed by atoms with van der Waals surface area (Å²) in [6.07, 6.45) is 0. The number of rotatable bonds is 3. The monoisotopic (exact) mass is 360 g/mol. The Bertz CT molecular complexity index is 1120. The number of benzene rings is 2. The lowest BCUT2D eigenvalue weighted by Gasteiger charge is -2.14. The van der Waals surface area contributed by atoms with E-state index in [-0.39, 0.29) is 12.4 Å². The van der Waals surface area contributed by atoms with E-state index in [9.17, 15) is 10.1 Å². The second-order valence-electron chi connectivity index (χ2n) is 6.16. The van der Waals surface area contributed by atoms with E-state index in [1.807, 2.05) is 42.5 Å². The van der Waals surface area contributed by atoms with Crippen molar-refractivity contribution in [3.63, 3.8) is 0 Å². The average molecular weight is 360 g/mol. The number of nitrogens with zero attached hydrogens (tertiary/aromatic N) is 1. The second-order valence-corrected chi connectivity index (χ2v) is 6.16. The molecule has 1 aliphatic heterocycles. The molecule has 134 valence electrons. The van der Waals surface area contributed by atoms with Gasteiger partial charge in [-0.3, -0.25) is 4.79 Å². The number of hydrogen-bond donors (Lipinski definition) is 1. The Kier molecular flexibility index (Phi) is 4.05. The molecule has 1 aromatic heterocycles. The van der Waals surface area contributed by atoms with Crippen LogP contribution in [0.3, 0.4) is 0 Å². The van der Waals surface area contributed by atoms with Gasteiger partial charge in [0.15, 0.2) is 11.5 Å². The van der Waals surface area contributed by atoms with Crippen LogP contribution in [0.5, 0.6) is 17.2 Å². The van der Waals surface area contributed by atoms with Gasteiger partial charge in [-0.1, -0.05) is 12.1 Å². The molecule has 4 rings (SSSR count). The number of nitrogens with one attached hydrogen (secondary N) is 1. The van der Waals surface area contributed by atoms with E-state index in [1.165, 1.54) is 0 Å². The summed E-state index contributed by atoms with van der Waals surface area (Å²) in [5.74, 6) is 1.96. The number of ether oxygens (including phenoxy) is 3. The molecule has 2 aromatic carbocycles. The highest BCUT2D eigenvalue weighted by Crippen LogP contribution is 2.43. The third kappa shape index (κ3) is 2.89. The Morgan fingerprint density at radius 3 is 2.33 bits per heavy atom. The van der Waals surface area contributed by atoms with Crippen molar-refractivity contribution in [2.24, 2.45) is 0 Å². The summed E-state index contributed by atoms with van der Waals surface area (Å²) in [6, 6.07) is 15.1. The van der Waals surface area contributed by atoms with Crippen LogP contribution in [0.2, 0.25) is 0 Å². The molecule has 0 unspecified atom stereocenters. The van der Waals surface area contributed by atoms with E-state index in [1.54, 1.807) is 20.1 Å². The maximum Gasteiger partial charge on any atom is 0.266 e. The number of aromatic nitrogens is 1. The largest absolute Gasteiger partial charge is 0.497 e. The highest BCUT2D eigenvalue weighted by Gasteiger charge is 2.21. The van der Waals surface area contributed by atoms with E-state index < -0.39 is 5.56 Å². The van der Waals surface area contributed by atoms with Crippen molar-refractivity contribution in [2.45, 2.75) is 6.92 Å². The molecule has 0 atom stereocenters. The fourth-order valence-electron chi connectivity index (χ4n) is 3.19. The Morgan fingerprint density at radius 2 is 1.70 bits per heavy atom. The lowest BCUT2D eigenvalue weighted by atomic mass is 9.91. The van der Waals surface area contributed by atoms with E-state index in [2.05, 4.69) is 4.98 Å². The molecule has 0 bridgehead atoms. The summed E-state index contributed by atoms with van der Waals surface area (Å²) in [5, 5.41) is 9.53. The number of methoxy groups -OCH3 is 1. The molecule has 0 saturated heterocycles. The molecule has 2 heterocycles. The van der Waals surface area contributed by atoms with Crippen LogP contribution in [-0.2, 0) is 0 Å². The summed E-state index contributed by atoms with van der Waals surface area (Å²) in [6.45, 7) is 1.92. The van der Waals surface area contributed by atoms with Crippen LogP contribution in [0, 0.1) is 18.3 Å². The lowest BCUT2D eigenvalue weighted by molar-refractivity contribution is 0.174. The first-order valence-corrected chi connectivity index (χ1v) is 8.33. The Labute approximate surface area is 155 Å². The van der Waals surface area contributed by atoms with Crippen LogP contribution in [0.4, 0.5) is 0 Å². The second kappa shape index (κ2) is 6.54. The highest BCUT2D eigenvalue weighted by atomic mass is 16.7. The molecular weight excluding hydrogens is 344 g/mol. The Morgan fingerprint density at radius 1 is 1.04 bits per heavy atom. The Balaban J connectivity index is 2.01. The van der Waals surface area contributed by atoms with Gasteiger partial charge in [0.1, 0.15) is 17.4 Å². The van der Waals surface area contributed by atoms with Crippen molar-refractivity contribution >= 4 is 0 Å². The molecule has 0 amide bonds. The number of hydrogen-bond acceptors (Lipinski definition) is 5. The molecule has 27 heavy (non-hydrogen) atoms. The molecule has 0 spiro atoms. The zero-order valence-corrected chi connectivity index (χ0v) is 14.8. The van der Waals surface area contributed by atoms with Gasteiger partial charge in [-0.15, -0.1) is 0 Å². The first kappa shape index (κ1) is 16.7. The number of nitriles is 1. The van der Waals surface area contributed by atoms with Gasteiger partial charge in [-0.2, -0.15) is 5.26 Å². The molecule has 6 nitrogen and oxygen atoms in total.